The lowest BCUT2D eigenvalue weighted by molar-refractivity contribution is -0.136. The molecule has 1 aromatic carbocycles. The van der Waals surface area contributed by atoms with Crippen LogP contribution in [0.1, 0.15) is 24.9 Å². The Morgan fingerprint density at radius 3 is 2.59 bits per heavy atom. The molecule has 2 N–H and O–H groups in total. The number of carbonyl (C=O) groups is 1. The van der Waals surface area contributed by atoms with Gasteiger partial charge in [-0.15, -0.1) is 0 Å². The summed E-state index contributed by atoms with van der Waals surface area (Å²) in [6.45, 7) is 2.25. The van der Waals surface area contributed by atoms with Gasteiger partial charge in [0.25, 0.3) is 0 Å². The Balaban J connectivity index is 2.72. The molecule has 3 nitrogen and oxygen atoms in total. The van der Waals surface area contributed by atoms with E-state index in [-0.39, 0.29) is 12.5 Å². The molecule has 1 aromatic rings. The number of benzene rings is 1. The van der Waals surface area contributed by atoms with E-state index >= 15 is 0 Å². The van der Waals surface area contributed by atoms with Gasteiger partial charge < -0.3 is 10.4 Å². The van der Waals surface area contributed by atoms with Crippen LogP contribution in [0.15, 0.2) is 12.1 Å². The standard InChI is InChI=1S/C11H12Cl3NO2/c1-6(15-5-4-9(16)17)7-2-3-8(12)11(14)10(7)13/h2-3,6,15H,4-5H2,1H3,(H,16,17). The molecular formula is C11H12Cl3NO2. The zero-order valence-electron chi connectivity index (χ0n) is 9.14. The third-order valence-corrected chi connectivity index (χ3v) is 3.63. The Morgan fingerprint density at radius 2 is 2.00 bits per heavy atom. The van der Waals surface area contributed by atoms with E-state index in [1.165, 1.54) is 0 Å². The van der Waals surface area contributed by atoms with Crippen molar-refractivity contribution in [3.05, 3.63) is 32.8 Å². The summed E-state index contributed by atoms with van der Waals surface area (Å²) in [6.07, 6.45) is 0.0588. The van der Waals surface area contributed by atoms with Gasteiger partial charge in [-0.25, -0.2) is 0 Å². The molecule has 0 radical (unpaired) electrons. The van der Waals surface area contributed by atoms with E-state index in [1.807, 2.05) is 6.92 Å². The number of nitrogens with one attached hydrogen (secondary N) is 1. The van der Waals surface area contributed by atoms with Crippen LogP contribution >= 0.6 is 34.8 Å². The quantitative estimate of drug-likeness (QED) is 0.813. The molecule has 0 saturated carbocycles. The minimum atomic E-state index is -0.843. The number of hydrogen-bond donors (Lipinski definition) is 2. The van der Waals surface area contributed by atoms with Crippen molar-refractivity contribution in [1.82, 2.24) is 5.32 Å². The predicted octanol–water partition coefficient (Wildman–Crippen LogP) is 3.77. The summed E-state index contributed by atoms with van der Waals surface area (Å²) in [7, 11) is 0. The molecule has 6 heteroatoms. The largest absolute Gasteiger partial charge is 0.481 e. The highest BCUT2D eigenvalue weighted by Crippen LogP contribution is 2.35. The number of aliphatic carboxylic acids is 1. The summed E-state index contributed by atoms with van der Waals surface area (Å²) >= 11 is 17.8. The van der Waals surface area contributed by atoms with Crippen LogP contribution in [0.2, 0.25) is 15.1 Å². The number of halogens is 3. The minimum absolute atomic E-state index is 0.0588. The molecule has 0 aliphatic heterocycles. The molecule has 0 bridgehead atoms. The summed E-state index contributed by atoms with van der Waals surface area (Å²) in [4.78, 5) is 10.4. The Morgan fingerprint density at radius 1 is 1.35 bits per heavy atom. The summed E-state index contributed by atoms with van der Waals surface area (Å²) in [6, 6.07) is 3.35. The third-order valence-electron chi connectivity index (χ3n) is 2.32. The van der Waals surface area contributed by atoms with Gasteiger partial charge in [0.1, 0.15) is 0 Å². The van der Waals surface area contributed by atoms with Crippen molar-refractivity contribution in [2.45, 2.75) is 19.4 Å². The molecule has 94 valence electrons. The Kier molecular flexibility index (Phi) is 5.53. The number of rotatable bonds is 5. The maximum atomic E-state index is 10.4. The van der Waals surface area contributed by atoms with Crippen LogP contribution in [0.25, 0.3) is 0 Å². The SMILES string of the molecule is CC(NCCC(=O)O)c1ccc(Cl)c(Cl)c1Cl. The normalized spacial score (nSPS) is 12.5. The molecule has 1 atom stereocenters. The van der Waals surface area contributed by atoms with Gasteiger partial charge in [0.15, 0.2) is 0 Å². The first-order valence-electron chi connectivity index (χ1n) is 5.02. The van der Waals surface area contributed by atoms with Crippen LogP contribution in [0.3, 0.4) is 0 Å². The van der Waals surface area contributed by atoms with Gasteiger partial charge in [-0.3, -0.25) is 4.79 Å². The molecular weight excluding hydrogens is 284 g/mol. The monoisotopic (exact) mass is 295 g/mol. The van der Waals surface area contributed by atoms with E-state index in [0.717, 1.165) is 5.56 Å². The van der Waals surface area contributed by atoms with Gasteiger partial charge in [-0.1, -0.05) is 40.9 Å². The average Bonchev–Trinajstić information content (AvgIpc) is 2.25. The second-order valence-electron chi connectivity index (χ2n) is 3.58. The second-order valence-corrected chi connectivity index (χ2v) is 4.75. The first-order chi connectivity index (χ1) is 7.93. The van der Waals surface area contributed by atoms with Crippen LogP contribution in [0, 0.1) is 0 Å². The van der Waals surface area contributed by atoms with Crippen molar-refractivity contribution in [2.75, 3.05) is 6.54 Å². The summed E-state index contributed by atoms with van der Waals surface area (Å²) in [5.41, 5.74) is 0.798. The lowest BCUT2D eigenvalue weighted by Crippen LogP contribution is -2.22. The molecule has 1 rings (SSSR count). The van der Waals surface area contributed by atoms with Gasteiger partial charge in [0.2, 0.25) is 0 Å². The van der Waals surface area contributed by atoms with Crippen molar-refractivity contribution < 1.29 is 9.90 Å². The van der Waals surface area contributed by atoms with E-state index in [4.69, 9.17) is 39.9 Å². The van der Waals surface area contributed by atoms with E-state index in [1.54, 1.807) is 12.1 Å². The number of carboxylic acid groups (broad SMARTS) is 1. The van der Waals surface area contributed by atoms with Crippen LogP contribution < -0.4 is 5.32 Å². The third kappa shape index (κ3) is 4.03. The van der Waals surface area contributed by atoms with Gasteiger partial charge >= 0.3 is 5.97 Å². The van der Waals surface area contributed by atoms with Crippen LogP contribution in [0.5, 0.6) is 0 Å². The smallest absolute Gasteiger partial charge is 0.304 e. The molecule has 1 unspecified atom stereocenters. The van der Waals surface area contributed by atoms with E-state index < -0.39 is 5.97 Å². The molecule has 0 heterocycles. The van der Waals surface area contributed by atoms with Gasteiger partial charge in [-0.05, 0) is 18.6 Å². The zero-order valence-corrected chi connectivity index (χ0v) is 11.4. The first-order valence-corrected chi connectivity index (χ1v) is 6.15. The lowest BCUT2D eigenvalue weighted by Gasteiger charge is -2.16. The molecule has 0 aliphatic rings. The molecule has 0 spiro atoms. The highest BCUT2D eigenvalue weighted by molar-refractivity contribution is 6.48. The molecule has 0 amide bonds. The molecule has 17 heavy (non-hydrogen) atoms. The van der Waals surface area contributed by atoms with Gasteiger partial charge in [0, 0.05) is 12.6 Å². The molecule has 0 aliphatic carbocycles. The second kappa shape index (κ2) is 6.45. The Labute approximate surface area is 115 Å². The topological polar surface area (TPSA) is 49.3 Å². The lowest BCUT2D eigenvalue weighted by atomic mass is 10.1. The van der Waals surface area contributed by atoms with Crippen molar-refractivity contribution in [1.29, 1.82) is 0 Å². The van der Waals surface area contributed by atoms with Crippen LogP contribution in [-0.4, -0.2) is 17.6 Å². The van der Waals surface area contributed by atoms with Crippen molar-refractivity contribution in [3.8, 4) is 0 Å². The Bertz CT molecular complexity index is 423. The van der Waals surface area contributed by atoms with Crippen molar-refractivity contribution in [3.63, 3.8) is 0 Å². The summed E-state index contributed by atoms with van der Waals surface area (Å²) < 4.78 is 0. The molecule has 0 aromatic heterocycles. The van der Waals surface area contributed by atoms with Crippen molar-refractivity contribution >= 4 is 40.8 Å². The fourth-order valence-corrected chi connectivity index (χ4v) is 2.09. The predicted molar refractivity (Wildman–Crippen MR) is 70.1 cm³/mol. The van der Waals surface area contributed by atoms with E-state index in [2.05, 4.69) is 5.32 Å². The zero-order chi connectivity index (χ0) is 13.0. The van der Waals surface area contributed by atoms with Crippen molar-refractivity contribution in [2.24, 2.45) is 0 Å². The first kappa shape index (κ1) is 14.6. The number of hydrogen-bond acceptors (Lipinski definition) is 2. The van der Waals surface area contributed by atoms with Crippen LogP contribution in [0.4, 0.5) is 0 Å². The average molecular weight is 297 g/mol. The highest BCUT2D eigenvalue weighted by atomic mass is 35.5. The minimum Gasteiger partial charge on any atom is -0.481 e. The maximum absolute atomic E-state index is 10.4. The van der Waals surface area contributed by atoms with Gasteiger partial charge in [-0.2, -0.15) is 0 Å². The number of carboxylic acids is 1. The molecule has 0 saturated heterocycles. The summed E-state index contributed by atoms with van der Waals surface area (Å²) in [5.74, 6) is -0.843. The fourth-order valence-electron chi connectivity index (χ4n) is 1.38. The van der Waals surface area contributed by atoms with Crippen LogP contribution in [-0.2, 0) is 4.79 Å². The van der Waals surface area contributed by atoms with E-state index in [0.29, 0.717) is 21.6 Å². The molecule has 0 fully saturated rings. The fraction of sp³-hybridized carbons (Fsp3) is 0.364. The maximum Gasteiger partial charge on any atom is 0.304 e. The Hall–Kier alpha value is -0.480. The summed E-state index contributed by atoms with van der Waals surface area (Å²) in [5, 5.41) is 12.7. The highest BCUT2D eigenvalue weighted by Gasteiger charge is 2.14. The van der Waals surface area contributed by atoms with E-state index in [9.17, 15) is 4.79 Å². The van der Waals surface area contributed by atoms with Gasteiger partial charge in [0.05, 0.1) is 21.5 Å².